The molecule has 0 atom stereocenters. The van der Waals surface area contributed by atoms with Crippen molar-refractivity contribution in [3.05, 3.63) is 42.9 Å². The van der Waals surface area contributed by atoms with Crippen molar-refractivity contribution in [3.8, 4) is 0 Å². The minimum atomic E-state index is -4.01. The minimum absolute atomic E-state index is 0.00350. The van der Waals surface area contributed by atoms with Gasteiger partial charge < -0.3 is 0 Å². The second-order valence-electron chi connectivity index (χ2n) is 3.30. The molecule has 0 saturated heterocycles. The van der Waals surface area contributed by atoms with Gasteiger partial charge >= 0.3 is 6.03 Å². The largest absolute Gasteiger partial charge is 0.335 e. The van der Waals surface area contributed by atoms with E-state index in [4.69, 9.17) is 0 Å². The van der Waals surface area contributed by atoms with Crippen molar-refractivity contribution in [1.29, 1.82) is 0 Å². The van der Waals surface area contributed by atoms with E-state index in [1.165, 1.54) is 30.7 Å². The second-order valence-corrected chi connectivity index (χ2v) is 4.93. The number of rotatable bonds is 3. The van der Waals surface area contributed by atoms with Gasteiger partial charge in [0.2, 0.25) is 5.95 Å². The lowest BCUT2D eigenvalue weighted by Crippen LogP contribution is -2.35. The first-order chi connectivity index (χ1) is 9.08. The summed E-state index contributed by atoms with van der Waals surface area (Å²) in [6.45, 7) is 0. The highest BCUT2D eigenvalue weighted by molar-refractivity contribution is 7.90. The molecule has 0 aromatic carbocycles. The molecule has 2 rings (SSSR count). The van der Waals surface area contributed by atoms with Crippen molar-refractivity contribution in [3.63, 3.8) is 0 Å². The molecule has 0 unspecified atom stereocenters. The van der Waals surface area contributed by atoms with Crippen LogP contribution in [-0.4, -0.2) is 29.4 Å². The Hall–Kier alpha value is -2.55. The Balaban J connectivity index is 2.07. The Labute approximate surface area is 109 Å². The quantitative estimate of drug-likeness (QED) is 0.839. The van der Waals surface area contributed by atoms with Crippen LogP contribution in [0.5, 0.6) is 0 Å². The Morgan fingerprint density at radius 3 is 2.32 bits per heavy atom. The zero-order valence-electron chi connectivity index (χ0n) is 9.52. The first kappa shape index (κ1) is 12.9. The lowest BCUT2D eigenvalue weighted by atomic mass is 10.5. The van der Waals surface area contributed by atoms with Gasteiger partial charge in [-0.1, -0.05) is 6.07 Å². The monoisotopic (exact) mass is 279 g/mol. The van der Waals surface area contributed by atoms with Gasteiger partial charge in [0.25, 0.3) is 10.0 Å². The summed E-state index contributed by atoms with van der Waals surface area (Å²) in [5, 5.41) is 1.94. The summed E-state index contributed by atoms with van der Waals surface area (Å²) in [6.07, 6.45) is 4.14. The maximum atomic E-state index is 11.8. The Bertz CT molecular complexity index is 660. The van der Waals surface area contributed by atoms with E-state index in [1.807, 2.05) is 0 Å². The maximum Gasteiger partial charge on any atom is 0.335 e. The number of nitrogens with zero attached hydrogens (tertiary/aromatic N) is 3. The van der Waals surface area contributed by atoms with Crippen molar-refractivity contribution in [2.45, 2.75) is 5.03 Å². The molecule has 8 nitrogen and oxygen atoms in total. The Kier molecular flexibility index (Phi) is 3.66. The van der Waals surface area contributed by atoms with Gasteiger partial charge in [-0.25, -0.2) is 24.5 Å². The number of aromatic nitrogens is 3. The summed E-state index contributed by atoms with van der Waals surface area (Å²) >= 11 is 0. The highest BCUT2D eigenvalue weighted by Crippen LogP contribution is 2.03. The maximum absolute atomic E-state index is 11.8. The van der Waals surface area contributed by atoms with E-state index in [0.717, 1.165) is 0 Å². The van der Waals surface area contributed by atoms with Gasteiger partial charge in [0.1, 0.15) is 0 Å². The molecule has 2 heterocycles. The molecule has 0 radical (unpaired) electrons. The summed E-state index contributed by atoms with van der Waals surface area (Å²) in [5.41, 5.74) is 0. The zero-order chi connectivity index (χ0) is 13.7. The first-order valence-corrected chi connectivity index (χ1v) is 6.58. The van der Waals surface area contributed by atoms with Crippen LogP contribution in [0, 0.1) is 0 Å². The molecule has 0 aliphatic carbocycles. The molecule has 2 N–H and O–H groups in total. The molecule has 0 aliphatic heterocycles. The van der Waals surface area contributed by atoms with E-state index in [0.29, 0.717) is 0 Å². The van der Waals surface area contributed by atoms with E-state index < -0.39 is 16.1 Å². The normalized spacial score (nSPS) is 10.7. The fourth-order valence-corrected chi connectivity index (χ4v) is 2.03. The predicted octanol–water partition coefficient (Wildman–Crippen LogP) is 0.382. The summed E-state index contributed by atoms with van der Waals surface area (Å²) in [7, 11) is -4.01. The van der Waals surface area contributed by atoms with Crippen molar-refractivity contribution in [2.24, 2.45) is 0 Å². The first-order valence-electron chi connectivity index (χ1n) is 5.10. The smallest absolute Gasteiger partial charge is 0.275 e. The molecule has 0 spiro atoms. The van der Waals surface area contributed by atoms with Crippen LogP contribution in [0.25, 0.3) is 0 Å². The molecule has 0 fully saturated rings. The van der Waals surface area contributed by atoms with Gasteiger partial charge in [-0.2, -0.15) is 8.42 Å². The van der Waals surface area contributed by atoms with Gasteiger partial charge in [-0.15, -0.1) is 0 Å². The molecule has 98 valence electrons. The van der Waals surface area contributed by atoms with Crippen molar-refractivity contribution < 1.29 is 13.2 Å². The molecule has 2 aromatic rings. The van der Waals surface area contributed by atoms with Gasteiger partial charge in [0, 0.05) is 18.6 Å². The van der Waals surface area contributed by atoms with Gasteiger partial charge in [-0.05, 0) is 18.2 Å². The molecule has 0 bridgehead atoms. The lowest BCUT2D eigenvalue weighted by Gasteiger charge is -2.06. The number of carbonyl (C=O) groups is 1. The Morgan fingerprint density at radius 2 is 1.68 bits per heavy atom. The number of carbonyl (C=O) groups excluding carboxylic acids is 1. The molecule has 9 heteroatoms. The highest BCUT2D eigenvalue weighted by Gasteiger charge is 2.18. The number of anilines is 1. The van der Waals surface area contributed by atoms with Crippen LogP contribution in [0.3, 0.4) is 0 Å². The number of nitrogens with one attached hydrogen (secondary N) is 2. The van der Waals surface area contributed by atoms with Gasteiger partial charge in [0.05, 0.1) is 0 Å². The summed E-state index contributed by atoms with van der Waals surface area (Å²) < 4.78 is 25.3. The van der Waals surface area contributed by atoms with Gasteiger partial charge in [0.15, 0.2) is 5.03 Å². The van der Waals surface area contributed by atoms with Crippen molar-refractivity contribution in [1.82, 2.24) is 19.7 Å². The molecule has 2 amide bonds. The molecule has 19 heavy (non-hydrogen) atoms. The number of hydrogen-bond donors (Lipinski definition) is 2. The number of sulfonamides is 1. The fourth-order valence-electron chi connectivity index (χ4n) is 1.17. The predicted molar refractivity (Wildman–Crippen MR) is 65.6 cm³/mol. The summed E-state index contributed by atoms with van der Waals surface area (Å²) in [5.74, 6) is -0.00350. The van der Waals surface area contributed by atoms with E-state index in [2.05, 4.69) is 20.3 Å². The van der Waals surface area contributed by atoms with Crippen LogP contribution in [0.4, 0.5) is 10.7 Å². The van der Waals surface area contributed by atoms with E-state index in [-0.39, 0.29) is 11.0 Å². The molecular weight excluding hydrogens is 270 g/mol. The SMILES string of the molecule is O=C(Nc1ncccn1)NS(=O)(=O)c1ccccn1. The molecule has 0 aliphatic rings. The van der Waals surface area contributed by atoms with Crippen LogP contribution in [0.2, 0.25) is 0 Å². The fraction of sp³-hybridized carbons (Fsp3) is 0. The third-order valence-corrected chi connectivity index (χ3v) is 3.18. The average molecular weight is 279 g/mol. The van der Waals surface area contributed by atoms with Crippen LogP contribution in [-0.2, 0) is 10.0 Å². The number of amides is 2. The minimum Gasteiger partial charge on any atom is -0.275 e. The third kappa shape index (κ3) is 3.45. The number of hydrogen-bond acceptors (Lipinski definition) is 6. The average Bonchev–Trinajstić information content (AvgIpc) is 2.40. The third-order valence-electron chi connectivity index (χ3n) is 1.93. The lowest BCUT2D eigenvalue weighted by molar-refractivity contribution is 0.256. The topological polar surface area (TPSA) is 114 Å². The second kappa shape index (κ2) is 5.40. The number of pyridine rings is 1. The van der Waals surface area contributed by atoms with Crippen molar-refractivity contribution in [2.75, 3.05) is 5.32 Å². The summed E-state index contributed by atoms with van der Waals surface area (Å²) in [4.78, 5) is 22.6. The van der Waals surface area contributed by atoms with E-state index in [1.54, 1.807) is 16.9 Å². The van der Waals surface area contributed by atoms with Crippen LogP contribution >= 0.6 is 0 Å². The highest BCUT2D eigenvalue weighted by atomic mass is 32.2. The van der Waals surface area contributed by atoms with Crippen molar-refractivity contribution >= 4 is 22.0 Å². The zero-order valence-corrected chi connectivity index (χ0v) is 10.3. The summed E-state index contributed by atoms with van der Waals surface area (Å²) in [6, 6.07) is 4.94. The molecule has 2 aromatic heterocycles. The van der Waals surface area contributed by atoms with Crippen LogP contribution in [0.15, 0.2) is 47.9 Å². The van der Waals surface area contributed by atoms with Gasteiger partial charge in [-0.3, -0.25) is 5.32 Å². The van der Waals surface area contributed by atoms with E-state index in [9.17, 15) is 13.2 Å². The Morgan fingerprint density at radius 1 is 1.00 bits per heavy atom. The van der Waals surface area contributed by atoms with E-state index >= 15 is 0 Å². The molecule has 0 saturated carbocycles. The molecular formula is C10H9N5O3S. The van der Waals surface area contributed by atoms with Crippen LogP contribution in [0.1, 0.15) is 0 Å². The number of urea groups is 1. The van der Waals surface area contributed by atoms with Crippen LogP contribution < -0.4 is 10.0 Å². The standard InChI is InChI=1S/C10H9N5O3S/c16-10(14-9-12-6-3-7-13-9)15-19(17,18)8-4-1-2-5-11-8/h1-7H,(H2,12,13,14,15,16).